The first-order valence-electron chi connectivity index (χ1n) is 7.71. The van der Waals surface area contributed by atoms with Crippen LogP contribution in [0.2, 0.25) is 0 Å². The predicted octanol–water partition coefficient (Wildman–Crippen LogP) is 0.138. The lowest BCUT2D eigenvalue weighted by Crippen LogP contribution is -2.27. The number of nitrogens with one attached hydrogen (secondary N) is 2. The number of nitrogens with zero attached hydrogens (tertiary/aromatic N) is 4. The second-order valence-corrected chi connectivity index (χ2v) is 5.87. The van der Waals surface area contributed by atoms with E-state index in [0.29, 0.717) is 11.7 Å². The number of fused-ring (bicyclic) bond motifs is 1. The van der Waals surface area contributed by atoms with Gasteiger partial charge in [0.15, 0.2) is 0 Å². The fraction of sp³-hybridized carbons (Fsp3) is 0.400. The Morgan fingerprint density at radius 3 is 3.04 bits per heavy atom. The lowest BCUT2D eigenvalue weighted by Gasteiger charge is -2.19. The molecule has 0 unspecified atom stereocenters. The van der Waals surface area contributed by atoms with Crippen molar-refractivity contribution in [3.63, 3.8) is 0 Å². The molecule has 4 rings (SSSR count). The van der Waals surface area contributed by atoms with E-state index in [1.54, 1.807) is 0 Å². The minimum absolute atomic E-state index is 0.00351. The number of imide groups is 1. The molecule has 2 aliphatic heterocycles. The van der Waals surface area contributed by atoms with Gasteiger partial charge in [-0.2, -0.15) is 4.98 Å². The number of urea groups is 1. The van der Waals surface area contributed by atoms with Crippen LogP contribution in [0.25, 0.3) is 11.4 Å². The van der Waals surface area contributed by atoms with Crippen molar-refractivity contribution < 1.29 is 14.1 Å². The van der Waals surface area contributed by atoms with Crippen LogP contribution in [0.15, 0.2) is 10.7 Å². The average Bonchev–Trinajstić information content (AvgIpc) is 3.14. The van der Waals surface area contributed by atoms with Gasteiger partial charge in [0.25, 0.3) is 0 Å². The van der Waals surface area contributed by atoms with Crippen LogP contribution in [0.1, 0.15) is 22.7 Å². The zero-order valence-corrected chi connectivity index (χ0v) is 13.1. The van der Waals surface area contributed by atoms with Crippen molar-refractivity contribution in [2.45, 2.75) is 26.4 Å². The number of aromatic nitrogens is 3. The van der Waals surface area contributed by atoms with Gasteiger partial charge in [-0.15, -0.1) is 0 Å². The molecule has 0 atom stereocenters. The van der Waals surface area contributed by atoms with Crippen molar-refractivity contribution in [1.82, 2.24) is 30.7 Å². The summed E-state index contributed by atoms with van der Waals surface area (Å²) in [6, 6.07) is -0.444. The number of hydrogen-bond acceptors (Lipinski definition) is 7. The molecule has 0 spiro atoms. The Morgan fingerprint density at radius 1 is 1.38 bits per heavy atom. The van der Waals surface area contributed by atoms with Crippen LogP contribution < -0.4 is 10.6 Å². The Hall–Kier alpha value is -2.81. The maximum atomic E-state index is 11.6. The van der Waals surface area contributed by atoms with Crippen molar-refractivity contribution in [3.05, 3.63) is 28.9 Å². The molecule has 0 aromatic carbocycles. The normalized spacial score (nSPS) is 17.1. The maximum absolute atomic E-state index is 11.6. The minimum atomic E-state index is -0.444. The molecule has 0 aliphatic carbocycles. The molecule has 0 radical (unpaired) electrons. The highest BCUT2D eigenvalue weighted by molar-refractivity contribution is 6.01. The van der Waals surface area contributed by atoms with E-state index in [1.807, 2.05) is 13.1 Å². The smallest absolute Gasteiger partial charge is 0.325 e. The molecule has 3 amide bonds. The summed E-state index contributed by atoms with van der Waals surface area (Å²) in [5.41, 5.74) is 4.06. The van der Waals surface area contributed by atoms with E-state index in [0.717, 1.165) is 36.3 Å². The zero-order chi connectivity index (χ0) is 16.7. The van der Waals surface area contributed by atoms with Gasteiger partial charge in [-0.25, -0.2) is 4.79 Å². The summed E-state index contributed by atoms with van der Waals surface area (Å²) in [5.74, 6) is 0.435. The quantitative estimate of drug-likeness (QED) is 0.770. The second-order valence-electron chi connectivity index (χ2n) is 5.87. The predicted molar refractivity (Wildman–Crippen MR) is 81.6 cm³/mol. The third-order valence-corrected chi connectivity index (χ3v) is 4.22. The lowest BCUT2D eigenvalue weighted by molar-refractivity contribution is -0.118. The molecule has 124 valence electrons. The molecule has 24 heavy (non-hydrogen) atoms. The van der Waals surface area contributed by atoms with E-state index in [4.69, 9.17) is 4.52 Å². The van der Waals surface area contributed by atoms with Crippen molar-refractivity contribution >= 4 is 11.9 Å². The number of aryl methyl sites for hydroxylation is 1. The minimum Gasteiger partial charge on any atom is -0.337 e. The molecule has 2 N–H and O–H groups in total. The monoisotopic (exact) mass is 328 g/mol. The summed E-state index contributed by atoms with van der Waals surface area (Å²) in [6.07, 6.45) is 2.75. The van der Waals surface area contributed by atoms with Crippen molar-refractivity contribution in [3.8, 4) is 11.4 Å². The van der Waals surface area contributed by atoms with Crippen LogP contribution in [-0.2, 0) is 24.3 Å². The number of rotatable bonds is 3. The van der Waals surface area contributed by atoms with Gasteiger partial charge in [0.1, 0.15) is 13.1 Å². The summed E-state index contributed by atoms with van der Waals surface area (Å²) in [7, 11) is 0. The summed E-state index contributed by atoms with van der Waals surface area (Å²) < 4.78 is 5.27. The van der Waals surface area contributed by atoms with E-state index in [2.05, 4.69) is 25.8 Å². The molecule has 0 saturated carbocycles. The second kappa shape index (κ2) is 5.68. The fourth-order valence-corrected chi connectivity index (χ4v) is 3.06. The Kier molecular flexibility index (Phi) is 3.49. The third-order valence-electron chi connectivity index (χ3n) is 4.22. The van der Waals surface area contributed by atoms with E-state index >= 15 is 0 Å². The fourth-order valence-electron chi connectivity index (χ4n) is 3.06. The first-order chi connectivity index (χ1) is 11.6. The average molecular weight is 328 g/mol. The zero-order valence-electron chi connectivity index (χ0n) is 13.1. The standard InChI is InChI=1S/C15H16N6O3/c1-8-13(10-2-3-16-4-9(10)5-17-8)14-19-12(24-20-14)7-21-6-11(22)18-15(21)23/h5,16H,2-4,6-7H2,1H3,(H,18,22,23). The van der Waals surface area contributed by atoms with Gasteiger partial charge in [-0.05, 0) is 31.0 Å². The SMILES string of the molecule is Cc1ncc2c(c1-c1noc(CN3CC(=O)NC3=O)n1)CCNC2. The van der Waals surface area contributed by atoms with Crippen LogP contribution >= 0.6 is 0 Å². The molecule has 2 aliphatic rings. The van der Waals surface area contributed by atoms with Crippen LogP contribution in [0.5, 0.6) is 0 Å². The molecule has 9 heteroatoms. The van der Waals surface area contributed by atoms with Gasteiger partial charge in [0.2, 0.25) is 17.6 Å². The highest BCUT2D eigenvalue weighted by Gasteiger charge is 2.29. The molecule has 4 heterocycles. The lowest BCUT2D eigenvalue weighted by atomic mass is 9.95. The van der Waals surface area contributed by atoms with E-state index < -0.39 is 6.03 Å². The van der Waals surface area contributed by atoms with Gasteiger partial charge in [0, 0.05) is 24.0 Å². The number of carbonyl (C=O) groups is 2. The summed E-state index contributed by atoms with van der Waals surface area (Å²) >= 11 is 0. The Bertz CT molecular complexity index is 831. The van der Waals surface area contributed by atoms with Gasteiger partial charge in [0.05, 0.1) is 0 Å². The summed E-state index contributed by atoms with van der Waals surface area (Å²) in [6.45, 7) is 3.69. The molecule has 0 bridgehead atoms. The number of pyridine rings is 1. The Balaban J connectivity index is 1.64. The number of carbonyl (C=O) groups excluding carboxylic acids is 2. The summed E-state index contributed by atoms with van der Waals surface area (Å²) in [4.78, 5) is 33.0. The van der Waals surface area contributed by atoms with Gasteiger partial charge in [-0.1, -0.05) is 5.16 Å². The van der Waals surface area contributed by atoms with Crippen LogP contribution in [0.3, 0.4) is 0 Å². The van der Waals surface area contributed by atoms with E-state index in [1.165, 1.54) is 10.5 Å². The van der Waals surface area contributed by atoms with Gasteiger partial charge < -0.3 is 14.7 Å². The summed E-state index contributed by atoms with van der Waals surface area (Å²) in [5, 5.41) is 9.58. The third kappa shape index (κ3) is 2.52. The van der Waals surface area contributed by atoms with Gasteiger partial charge >= 0.3 is 6.03 Å². The highest BCUT2D eigenvalue weighted by Crippen LogP contribution is 2.28. The number of hydrogen-bond donors (Lipinski definition) is 2. The molecular formula is C15H16N6O3. The Labute approximate surface area is 137 Å². The van der Waals surface area contributed by atoms with E-state index in [-0.39, 0.29) is 19.0 Å². The van der Waals surface area contributed by atoms with Crippen LogP contribution in [-0.4, -0.2) is 45.1 Å². The maximum Gasteiger partial charge on any atom is 0.325 e. The van der Waals surface area contributed by atoms with Crippen molar-refractivity contribution in [2.75, 3.05) is 13.1 Å². The Morgan fingerprint density at radius 2 is 2.25 bits per heavy atom. The van der Waals surface area contributed by atoms with Crippen LogP contribution in [0.4, 0.5) is 4.79 Å². The van der Waals surface area contributed by atoms with E-state index in [9.17, 15) is 9.59 Å². The number of amides is 3. The highest BCUT2D eigenvalue weighted by atomic mass is 16.5. The van der Waals surface area contributed by atoms with Crippen molar-refractivity contribution in [1.29, 1.82) is 0 Å². The molecule has 2 aromatic heterocycles. The largest absolute Gasteiger partial charge is 0.337 e. The molecule has 2 aromatic rings. The molecular weight excluding hydrogens is 312 g/mol. The molecule has 9 nitrogen and oxygen atoms in total. The first kappa shape index (κ1) is 14.8. The molecule has 1 fully saturated rings. The van der Waals surface area contributed by atoms with Crippen LogP contribution in [0, 0.1) is 6.92 Å². The van der Waals surface area contributed by atoms with Gasteiger partial charge in [-0.3, -0.25) is 15.1 Å². The molecule has 1 saturated heterocycles. The first-order valence-corrected chi connectivity index (χ1v) is 7.71. The topological polar surface area (TPSA) is 113 Å². The van der Waals surface area contributed by atoms with Crippen molar-refractivity contribution in [2.24, 2.45) is 0 Å².